The number of carbonyl (C=O) groups excluding carboxylic acids is 1. The molecule has 2 saturated heterocycles. The normalized spacial score (nSPS) is 21.0. The van der Waals surface area contributed by atoms with Crippen molar-refractivity contribution >= 4 is 18.7 Å². The van der Waals surface area contributed by atoms with E-state index in [4.69, 9.17) is 25.2 Å². The molecule has 31 heavy (non-hydrogen) atoms. The molecule has 3 rings (SSSR count). The van der Waals surface area contributed by atoms with E-state index in [2.05, 4.69) is 5.92 Å². The maximum atomic E-state index is 12.2. The largest absolute Gasteiger partial charge is 0.494 e. The van der Waals surface area contributed by atoms with Crippen molar-refractivity contribution in [2.75, 3.05) is 13.1 Å². The van der Waals surface area contributed by atoms with Crippen LogP contribution in [0.15, 0.2) is 18.2 Å². The van der Waals surface area contributed by atoms with Gasteiger partial charge in [-0.2, -0.15) is 0 Å². The molecule has 0 N–H and O–H groups in total. The molecule has 0 atom stereocenters. The molecule has 0 spiro atoms. The van der Waals surface area contributed by atoms with Crippen molar-refractivity contribution in [3.63, 3.8) is 0 Å². The maximum Gasteiger partial charge on any atom is 0.494 e. The highest BCUT2D eigenvalue weighted by Crippen LogP contribution is 2.36. The Morgan fingerprint density at radius 1 is 1.16 bits per heavy atom. The highest BCUT2D eigenvalue weighted by Gasteiger charge is 2.51. The molecule has 1 aromatic carbocycles. The molecule has 6 nitrogen and oxygen atoms in total. The van der Waals surface area contributed by atoms with E-state index in [1.807, 2.05) is 66.7 Å². The number of rotatable bonds is 3. The van der Waals surface area contributed by atoms with E-state index in [9.17, 15) is 4.79 Å². The quantitative estimate of drug-likeness (QED) is 0.543. The van der Waals surface area contributed by atoms with Gasteiger partial charge in [-0.05, 0) is 66.1 Å². The van der Waals surface area contributed by atoms with E-state index in [1.165, 1.54) is 0 Å². The monoisotopic (exact) mass is 427 g/mol. The summed E-state index contributed by atoms with van der Waals surface area (Å²) in [7, 11) is -0.469. The number of ether oxygens (including phenoxy) is 2. The van der Waals surface area contributed by atoms with Crippen LogP contribution in [0.25, 0.3) is 0 Å². The van der Waals surface area contributed by atoms with Crippen LogP contribution in [0.2, 0.25) is 0 Å². The molecule has 2 heterocycles. The first-order chi connectivity index (χ1) is 14.3. The van der Waals surface area contributed by atoms with Gasteiger partial charge in [0.2, 0.25) is 0 Å². The van der Waals surface area contributed by atoms with Gasteiger partial charge < -0.3 is 23.7 Å². The van der Waals surface area contributed by atoms with Gasteiger partial charge in [0.15, 0.2) is 0 Å². The van der Waals surface area contributed by atoms with Gasteiger partial charge >= 0.3 is 13.2 Å². The molecule has 0 saturated carbocycles. The Labute approximate surface area is 186 Å². The molecule has 168 valence electrons. The van der Waals surface area contributed by atoms with E-state index >= 15 is 0 Å². The second-order valence-corrected chi connectivity index (χ2v) is 10.3. The van der Waals surface area contributed by atoms with Crippen molar-refractivity contribution in [3.05, 3.63) is 23.8 Å². The van der Waals surface area contributed by atoms with Gasteiger partial charge in [0, 0.05) is 25.9 Å². The molecule has 0 bridgehead atoms. The SMILES string of the molecule is C#Cc1cc(B2OC(C)(C)C(C)(C)O2)ccc1OC1CCN(C(=O)OC(C)(C)C)CC1. The highest BCUT2D eigenvalue weighted by atomic mass is 16.7. The molecule has 0 radical (unpaired) electrons. The van der Waals surface area contributed by atoms with Crippen LogP contribution < -0.4 is 10.2 Å². The van der Waals surface area contributed by atoms with Gasteiger partial charge in [-0.3, -0.25) is 0 Å². The molecule has 2 aliphatic rings. The summed E-state index contributed by atoms with van der Waals surface area (Å²) in [4.78, 5) is 14.0. The summed E-state index contributed by atoms with van der Waals surface area (Å²) in [5, 5.41) is 0. The van der Waals surface area contributed by atoms with Gasteiger partial charge in [0.05, 0.1) is 16.8 Å². The van der Waals surface area contributed by atoms with Gasteiger partial charge in [0.1, 0.15) is 17.5 Å². The van der Waals surface area contributed by atoms with Gasteiger partial charge in [-0.1, -0.05) is 12.0 Å². The summed E-state index contributed by atoms with van der Waals surface area (Å²) in [5.41, 5.74) is 0.224. The minimum atomic E-state index is -0.495. The van der Waals surface area contributed by atoms with Crippen molar-refractivity contribution in [3.8, 4) is 18.1 Å². The standard InChI is InChI=1S/C24H34BNO5/c1-9-17-16-18(25-30-23(5,6)24(7,8)31-25)10-11-20(17)28-19-12-14-26(15-13-19)21(27)29-22(2,3)4/h1,10-11,16,19H,12-15H2,2-8H3. The first-order valence-electron chi connectivity index (χ1n) is 10.9. The van der Waals surface area contributed by atoms with Gasteiger partial charge in [0.25, 0.3) is 0 Å². The van der Waals surface area contributed by atoms with E-state index in [0.717, 1.165) is 18.3 Å². The number of likely N-dealkylation sites (tertiary alicyclic amines) is 1. The Bertz CT molecular complexity index is 844. The second-order valence-electron chi connectivity index (χ2n) is 10.3. The lowest BCUT2D eigenvalue weighted by Crippen LogP contribution is -2.44. The van der Waals surface area contributed by atoms with Crippen molar-refractivity contribution in [1.29, 1.82) is 0 Å². The summed E-state index contributed by atoms with van der Waals surface area (Å²) < 4.78 is 23.9. The van der Waals surface area contributed by atoms with Crippen LogP contribution in [-0.2, 0) is 14.0 Å². The maximum absolute atomic E-state index is 12.2. The second kappa shape index (κ2) is 8.40. The Morgan fingerprint density at radius 3 is 2.26 bits per heavy atom. The molecule has 7 heteroatoms. The van der Waals surface area contributed by atoms with E-state index < -0.39 is 23.9 Å². The Morgan fingerprint density at radius 2 is 1.74 bits per heavy atom. The number of amides is 1. The van der Waals surface area contributed by atoms with Crippen LogP contribution in [0.3, 0.4) is 0 Å². The Balaban J connectivity index is 1.62. The van der Waals surface area contributed by atoms with Crippen LogP contribution in [0, 0.1) is 12.3 Å². The predicted octanol–water partition coefficient (Wildman–Crippen LogP) is 3.75. The summed E-state index contributed by atoms with van der Waals surface area (Å²) >= 11 is 0. The minimum Gasteiger partial charge on any atom is -0.489 e. The first-order valence-corrected chi connectivity index (χ1v) is 10.9. The predicted molar refractivity (Wildman–Crippen MR) is 122 cm³/mol. The van der Waals surface area contributed by atoms with Crippen LogP contribution in [0.4, 0.5) is 4.79 Å². The molecule has 1 aromatic rings. The molecule has 2 fully saturated rings. The van der Waals surface area contributed by atoms with Crippen molar-refractivity contribution in [1.82, 2.24) is 4.90 Å². The molecule has 1 amide bonds. The summed E-state index contributed by atoms with van der Waals surface area (Å²) in [6, 6.07) is 5.72. The zero-order valence-corrected chi connectivity index (χ0v) is 19.8. The molecule has 0 unspecified atom stereocenters. The molecular formula is C24H34BNO5. The number of nitrogens with zero attached hydrogens (tertiary/aromatic N) is 1. The zero-order valence-electron chi connectivity index (χ0n) is 19.8. The fourth-order valence-corrected chi connectivity index (χ4v) is 3.55. The van der Waals surface area contributed by atoms with E-state index in [0.29, 0.717) is 24.4 Å². The topological polar surface area (TPSA) is 57.2 Å². The van der Waals surface area contributed by atoms with Gasteiger partial charge in [-0.25, -0.2) is 4.79 Å². The minimum absolute atomic E-state index is 0.00603. The van der Waals surface area contributed by atoms with Crippen LogP contribution in [-0.4, -0.2) is 54.1 Å². The number of hydrogen-bond donors (Lipinski definition) is 0. The van der Waals surface area contributed by atoms with Crippen molar-refractivity contribution in [2.45, 2.75) is 84.2 Å². The average Bonchev–Trinajstić information content (AvgIpc) is 2.88. The third-order valence-electron chi connectivity index (χ3n) is 6.07. The molecule has 2 aliphatic heterocycles. The lowest BCUT2D eigenvalue weighted by atomic mass is 9.78. The van der Waals surface area contributed by atoms with Crippen LogP contribution >= 0.6 is 0 Å². The van der Waals surface area contributed by atoms with Crippen LogP contribution in [0.5, 0.6) is 5.75 Å². The lowest BCUT2D eigenvalue weighted by Gasteiger charge is -2.33. The molecular weight excluding hydrogens is 393 g/mol. The molecule has 0 aromatic heterocycles. The first kappa shape index (κ1) is 23.5. The smallest absolute Gasteiger partial charge is 0.489 e. The number of hydrogen-bond acceptors (Lipinski definition) is 5. The summed E-state index contributed by atoms with van der Waals surface area (Å²) in [5.74, 6) is 3.39. The zero-order chi connectivity index (χ0) is 23.0. The Hall–Kier alpha value is -2.17. The number of terminal acetylenes is 1. The third kappa shape index (κ3) is 5.37. The number of piperidine rings is 1. The fraction of sp³-hybridized carbons (Fsp3) is 0.625. The van der Waals surface area contributed by atoms with E-state index in [-0.39, 0.29) is 12.2 Å². The fourth-order valence-electron chi connectivity index (χ4n) is 3.55. The summed E-state index contributed by atoms with van der Waals surface area (Å²) in [6.07, 6.45) is 6.94. The van der Waals surface area contributed by atoms with E-state index in [1.54, 1.807) is 4.90 Å². The third-order valence-corrected chi connectivity index (χ3v) is 6.07. The highest BCUT2D eigenvalue weighted by molar-refractivity contribution is 6.62. The van der Waals surface area contributed by atoms with Crippen molar-refractivity contribution in [2.24, 2.45) is 0 Å². The van der Waals surface area contributed by atoms with Crippen LogP contribution in [0.1, 0.15) is 66.9 Å². The van der Waals surface area contributed by atoms with Crippen molar-refractivity contribution < 1.29 is 23.6 Å². The summed E-state index contributed by atoms with van der Waals surface area (Å²) in [6.45, 7) is 14.9. The molecule has 0 aliphatic carbocycles. The number of carbonyl (C=O) groups is 1. The average molecular weight is 427 g/mol. The lowest BCUT2D eigenvalue weighted by molar-refractivity contribution is 0.00578. The number of benzene rings is 1. The van der Waals surface area contributed by atoms with Gasteiger partial charge in [-0.15, -0.1) is 6.42 Å². The Kier molecular flexibility index (Phi) is 6.37.